The highest BCUT2D eigenvalue weighted by molar-refractivity contribution is 5.67. The quantitative estimate of drug-likeness (QED) is 0.601. The molecule has 0 saturated heterocycles. The smallest absolute Gasteiger partial charge is 0.409 e. The van der Waals surface area contributed by atoms with E-state index in [2.05, 4.69) is 10.2 Å². The minimum absolute atomic E-state index is 0.116. The van der Waals surface area contributed by atoms with Crippen LogP contribution in [0.1, 0.15) is 27.2 Å². The third-order valence-corrected chi connectivity index (χ3v) is 3.52. The fourth-order valence-electron chi connectivity index (χ4n) is 1.88. The van der Waals surface area contributed by atoms with Gasteiger partial charge in [-0.3, -0.25) is 0 Å². The summed E-state index contributed by atoms with van der Waals surface area (Å²) in [4.78, 5) is 29.0. The molecule has 1 N–H and O–H groups in total. The zero-order valence-corrected chi connectivity index (χ0v) is 16.9. The topological polar surface area (TPSA) is 74.3 Å². The number of alkyl carbamates (subject to hydrolysis) is 1. The lowest BCUT2D eigenvalue weighted by Gasteiger charge is -2.23. The van der Waals surface area contributed by atoms with Crippen molar-refractivity contribution in [2.75, 3.05) is 60.9 Å². The highest BCUT2D eigenvalue weighted by Gasteiger charge is 2.13. The molecule has 8 heteroatoms. The van der Waals surface area contributed by atoms with Gasteiger partial charge in [0.15, 0.2) is 0 Å². The van der Waals surface area contributed by atoms with Gasteiger partial charge in [-0.25, -0.2) is 9.59 Å². The van der Waals surface area contributed by atoms with Crippen LogP contribution >= 0.6 is 0 Å². The van der Waals surface area contributed by atoms with E-state index >= 15 is 0 Å². The molecule has 0 aromatic heterocycles. The Bertz CT molecular complexity index is 391. The Morgan fingerprint density at radius 3 is 2.12 bits per heavy atom. The van der Waals surface area contributed by atoms with Crippen LogP contribution in [0, 0.1) is 0 Å². The molecule has 25 heavy (non-hydrogen) atoms. The number of hydrogen-bond donors (Lipinski definition) is 1. The van der Waals surface area contributed by atoms with E-state index in [0.717, 1.165) is 26.1 Å². The number of likely N-dealkylation sites (N-methyl/N-ethyl adjacent to an activating group) is 3. The summed E-state index contributed by atoms with van der Waals surface area (Å²) in [5, 5.41) is 2.73. The molecule has 0 rings (SSSR count). The second-order valence-corrected chi connectivity index (χ2v) is 6.89. The van der Waals surface area contributed by atoms with E-state index in [1.165, 1.54) is 0 Å². The summed E-state index contributed by atoms with van der Waals surface area (Å²) in [5.74, 6) is 0. The Hall–Kier alpha value is -1.54. The molecule has 0 radical (unpaired) electrons. The van der Waals surface area contributed by atoms with Crippen LogP contribution in [0.2, 0.25) is 0 Å². The molecule has 0 aliphatic rings. The van der Waals surface area contributed by atoms with Gasteiger partial charge in [0.1, 0.15) is 6.10 Å². The van der Waals surface area contributed by atoms with E-state index < -0.39 is 0 Å². The van der Waals surface area contributed by atoms with Gasteiger partial charge in [0, 0.05) is 39.8 Å². The molecule has 0 bridgehead atoms. The lowest BCUT2D eigenvalue weighted by molar-refractivity contribution is 0.0788. The molecule has 0 aromatic rings. The number of amides is 2. The van der Waals surface area contributed by atoms with E-state index in [9.17, 15) is 9.59 Å². The van der Waals surface area contributed by atoms with Crippen molar-refractivity contribution in [1.29, 1.82) is 0 Å². The molecule has 0 aliphatic carbocycles. The Kier molecular flexibility index (Phi) is 12.0. The molecule has 0 aliphatic heterocycles. The molecule has 0 aromatic carbocycles. The summed E-state index contributed by atoms with van der Waals surface area (Å²) in [6.45, 7) is 8.97. The van der Waals surface area contributed by atoms with Gasteiger partial charge < -0.3 is 29.5 Å². The normalized spacial score (nSPS) is 12.4. The van der Waals surface area contributed by atoms with Crippen LogP contribution in [0.3, 0.4) is 0 Å². The zero-order valence-electron chi connectivity index (χ0n) is 16.9. The average molecular weight is 360 g/mol. The molecule has 0 fully saturated rings. The van der Waals surface area contributed by atoms with Gasteiger partial charge in [0.05, 0.1) is 6.10 Å². The third kappa shape index (κ3) is 13.4. The maximum atomic E-state index is 11.7. The SMILES string of the molecule is CC(C)OC(=O)N(C)CCN(C)CCC(C)OC(=O)NCCN(C)C. The van der Waals surface area contributed by atoms with Gasteiger partial charge in [-0.2, -0.15) is 0 Å². The molecule has 2 amide bonds. The van der Waals surface area contributed by atoms with Gasteiger partial charge in [0.25, 0.3) is 0 Å². The zero-order chi connectivity index (χ0) is 19.4. The van der Waals surface area contributed by atoms with Crippen LogP contribution in [0.4, 0.5) is 9.59 Å². The fraction of sp³-hybridized carbons (Fsp3) is 0.882. The molecule has 8 nitrogen and oxygen atoms in total. The second-order valence-electron chi connectivity index (χ2n) is 6.89. The monoisotopic (exact) mass is 360 g/mol. The molecular formula is C17H36N4O4. The first-order valence-corrected chi connectivity index (χ1v) is 8.81. The Labute approximate surface area is 152 Å². The van der Waals surface area contributed by atoms with Gasteiger partial charge in [-0.05, 0) is 48.3 Å². The first-order valence-electron chi connectivity index (χ1n) is 8.81. The standard InChI is InChI=1S/C17H36N4O4/c1-14(2)24-17(23)21(7)13-12-20(6)10-8-15(3)25-16(22)18-9-11-19(4)5/h14-15H,8-13H2,1-7H3,(H,18,22). The first-order chi connectivity index (χ1) is 11.6. The molecule has 148 valence electrons. The number of ether oxygens (including phenoxy) is 2. The number of nitrogens with zero attached hydrogens (tertiary/aromatic N) is 3. The van der Waals surface area contributed by atoms with Crippen molar-refractivity contribution in [2.24, 2.45) is 0 Å². The van der Waals surface area contributed by atoms with Crippen LogP contribution in [-0.2, 0) is 9.47 Å². The Balaban J connectivity index is 3.87. The van der Waals surface area contributed by atoms with Crippen LogP contribution in [0.15, 0.2) is 0 Å². The molecule has 1 unspecified atom stereocenters. The largest absolute Gasteiger partial charge is 0.447 e. The van der Waals surface area contributed by atoms with E-state index in [0.29, 0.717) is 13.1 Å². The number of rotatable bonds is 11. The van der Waals surface area contributed by atoms with E-state index in [4.69, 9.17) is 9.47 Å². The lowest BCUT2D eigenvalue weighted by atomic mass is 10.2. The maximum Gasteiger partial charge on any atom is 0.409 e. The Morgan fingerprint density at radius 1 is 0.920 bits per heavy atom. The number of nitrogens with one attached hydrogen (secondary N) is 1. The van der Waals surface area contributed by atoms with E-state index in [1.54, 1.807) is 11.9 Å². The summed E-state index contributed by atoms with van der Waals surface area (Å²) in [6, 6.07) is 0. The minimum Gasteiger partial charge on any atom is -0.447 e. The molecular weight excluding hydrogens is 324 g/mol. The van der Waals surface area contributed by atoms with Crippen molar-refractivity contribution in [3.63, 3.8) is 0 Å². The average Bonchev–Trinajstić information content (AvgIpc) is 2.49. The van der Waals surface area contributed by atoms with Gasteiger partial charge in [0.2, 0.25) is 0 Å². The van der Waals surface area contributed by atoms with Crippen molar-refractivity contribution in [1.82, 2.24) is 20.0 Å². The second kappa shape index (κ2) is 12.8. The van der Waals surface area contributed by atoms with Crippen molar-refractivity contribution in [2.45, 2.75) is 39.4 Å². The molecule has 1 atom stereocenters. The summed E-state index contributed by atoms with van der Waals surface area (Å²) in [7, 11) is 7.60. The number of carbonyl (C=O) groups is 2. The summed E-state index contributed by atoms with van der Waals surface area (Å²) < 4.78 is 10.4. The maximum absolute atomic E-state index is 11.7. The van der Waals surface area contributed by atoms with Crippen LogP contribution in [0.5, 0.6) is 0 Å². The minimum atomic E-state index is -0.381. The molecule has 0 saturated carbocycles. The van der Waals surface area contributed by atoms with Crippen LogP contribution in [0.25, 0.3) is 0 Å². The molecule has 0 heterocycles. The summed E-state index contributed by atoms with van der Waals surface area (Å²) >= 11 is 0. The first kappa shape index (κ1) is 23.5. The highest BCUT2D eigenvalue weighted by Crippen LogP contribution is 2.01. The van der Waals surface area contributed by atoms with Crippen molar-refractivity contribution >= 4 is 12.2 Å². The van der Waals surface area contributed by atoms with Crippen LogP contribution in [-0.4, -0.2) is 100 Å². The van der Waals surface area contributed by atoms with Crippen molar-refractivity contribution in [3.05, 3.63) is 0 Å². The highest BCUT2D eigenvalue weighted by atomic mass is 16.6. The van der Waals surface area contributed by atoms with E-state index in [-0.39, 0.29) is 24.4 Å². The Morgan fingerprint density at radius 2 is 1.56 bits per heavy atom. The van der Waals surface area contributed by atoms with Gasteiger partial charge >= 0.3 is 12.2 Å². The van der Waals surface area contributed by atoms with Crippen molar-refractivity contribution < 1.29 is 19.1 Å². The van der Waals surface area contributed by atoms with Crippen LogP contribution < -0.4 is 5.32 Å². The third-order valence-electron chi connectivity index (χ3n) is 3.52. The lowest BCUT2D eigenvalue weighted by Crippen LogP contribution is -2.37. The predicted octanol–water partition coefficient (Wildman–Crippen LogP) is 1.46. The summed E-state index contributed by atoms with van der Waals surface area (Å²) in [5.41, 5.74) is 0. The summed E-state index contributed by atoms with van der Waals surface area (Å²) in [6.07, 6.45) is -0.236. The number of hydrogen-bond acceptors (Lipinski definition) is 6. The fourth-order valence-corrected chi connectivity index (χ4v) is 1.88. The molecule has 0 spiro atoms. The van der Waals surface area contributed by atoms with E-state index in [1.807, 2.05) is 46.8 Å². The predicted molar refractivity (Wildman–Crippen MR) is 98.9 cm³/mol. The van der Waals surface area contributed by atoms with Crippen molar-refractivity contribution in [3.8, 4) is 0 Å². The van der Waals surface area contributed by atoms with Gasteiger partial charge in [-0.15, -0.1) is 0 Å². The van der Waals surface area contributed by atoms with Gasteiger partial charge in [-0.1, -0.05) is 0 Å². The number of carbonyl (C=O) groups excluding carboxylic acids is 2.